The van der Waals surface area contributed by atoms with E-state index in [1.54, 1.807) is 0 Å². The van der Waals surface area contributed by atoms with Crippen molar-refractivity contribution in [2.45, 2.75) is 38.6 Å². The smallest absolute Gasteiger partial charge is 0.128 e. The fraction of sp³-hybridized carbons (Fsp3) is 0.667. The number of nitrogens with one attached hydrogen (secondary N) is 1. The second-order valence-corrected chi connectivity index (χ2v) is 6.14. The minimum Gasteiger partial charge on any atom is -0.357 e. The summed E-state index contributed by atoms with van der Waals surface area (Å²) in [5.74, 6) is 1.13. The van der Waals surface area contributed by atoms with Gasteiger partial charge in [0.25, 0.3) is 0 Å². The predicted molar refractivity (Wildman–Crippen MR) is 74.8 cm³/mol. The molecule has 0 amide bonds. The molecule has 18 heavy (non-hydrogen) atoms. The second kappa shape index (κ2) is 4.88. The summed E-state index contributed by atoms with van der Waals surface area (Å²) in [7, 11) is 0. The van der Waals surface area contributed by atoms with Crippen LogP contribution in [0.25, 0.3) is 0 Å². The van der Waals surface area contributed by atoms with E-state index in [9.17, 15) is 0 Å². The van der Waals surface area contributed by atoms with E-state index in [0.717, 1.165) is 18.9 Å². The minimum absolute atomic E-state index is 0.623. The standard InChI is InChI=1S/C15H23N3/c1-15(7-8-15)12-17-13-5-10-18(11-6-13)14-4-2-3-9-16-14/h2-4,9,13,17H,5-8,10-12H2,1H3. The zero-order chi connectivity index (χ0) is 12.4. The molecule has 1 saturated carbocycles. The maximum absolute atomic E-state index is 4.43. The molecule has 3 rings (SSSR count). The molecule has 2 fully saturated rings. The molecule has 0 spiro atoms. The molecule has 1 aromatic heterocycles. The average molecular weight is 245 g/mol. The largest absolute Gasteiger partial charge is 0.357 e. The Bertz CT molecular complexity index is 378. The summed E-state index contributed by atoms with van der Waals surface area (Å²) in [5.41, 5.74) is 0.623. The molecule has 1 aliphatic heterocycles. The Hall–Kier alpha value is -1.09. The van der Waals surface area contributed by atoms with E-state index in [-0.39, 0.29) is 0 Å². The molecule has 1 saturated heterocycles. The topological polar surface area (TPSA) is 28.2 Å². The van der Waals surface area contributed by atoms with E-state index in [1.165, 1.54) is 32.2 Å². The molecule has 0 unspecified atom stereocenters. The number of piperidine rings is 1. The van der Waals surface area contributed by atoms with Gasteiger partial charge in [0.15, 0.2) is 0 Å². The van der Waals surface area contributed by atoms with Gasteiger partial charge in [0.05, 0.1) is 0 Å². The maximum atomic E-state index is 4.43. The van der Waals surface area contributed by atoms with Crippen molar-refractivity contribution in [2.24, 2.45) is 5.41 Å². The zero-order valence-corrected chi connectivity index (χ0v) is 11.2. The molecular weight excluding hydrogens is 222 g/mol. The van der Waals surface area contributed by atoms with Crippen molar-refractivity contribution in [3.63, 3.8) is 0 Å². The fourth-order valence-corrected chi connectivity index (χ4v) is 2.63. The number of hydrogen-bond donors (Lipinski definition) is 1. The number of rotatable bonds is 4. The first kappa shape index (κ1) is 12.0. The van der Waals surface area contributed by atoms with Gasteiger partial charge in [0, 0.05) is 31.9 Å². The summed E-state index contributed by atoms with van der Waals surface area (Å²) in [6, 6.07) is 6.87. The van der Waals surface area contributed by atoms with E-state index in [1.807, 2.05) is 12.3 Å². The van der Waals surface area contributed by atoms with E-state index >= 15 is 0 Å². The highest BCUT2D eigenvalue weighted by Crippen LogP contribution is 2.44. The first-order chi connectivity index (χ1) is 8.75. The molecule has 3 nitrogen and oxygen atoms in total. The van der Waals surface area contributed by atoms with Gasteiger partial charge >= 0.3 is 0 Å². The highest BCUT2D eigenvalue weighted by Gasteiger charge is 2.37. The highest BCUT2D eigenvalue weighted by molar-refractivity contribution is 5.38. The molecule has 0 bridgehead atoms. The number of anilines is 1. The Labute approximate surface area is 110 Å². The molecule has 1 aliphatic carbocycles. The van der Waals surface area contributed by atoms with Gasteiger partial charge in [0.1, 0.15) is 5.82 Å². The van der Waals surface area contributed by atoms with Gasteiger partial charge in [-0.25, -0.2) is 4.98 Å². The molecule has 2 heterocycles. The van der Waals surface area contributed by atoms with Crippen molar-refractivity contribution < 1.29 is 0 Å². The molecule has 0 atom stereocenters. The van der Waals surface area contributed by atoms with Crippen LogP contribution in [0.1, 0.15) is 32.6 Å². The third-order valence-corrected chi connectivity index (χ3v) is 4.39. The first-order valence-corrected chi connectivity index (χ1v) is 7.15. The van der Waals surface area contributed by atoms with Crippen LogP contribution in [0, 0.1) is 5.41 Å². The highest BCUT2D eigenvalue weighted by atomic mass is 15.2. The van der Waals surface area contributed by atoms with Crippen LogP contribution >= 0.6 is 0 Å². The lowest BCUT2D eigenvalue weighted by Crippen LogP contribution is -2.44. The SMILES string of the molecule is CC1(CNC2CCN(c3ccccn3)CC2)CC1. The third kappa shape index (κ3) is 2.83. The second-order valence-electron chi connectivity index (χ2n) is 6.14. The molecule has 1 N–H and O–H groups in total. The lowest BCUT2D eigenvalue weighted by Gasteiger charge is -2.33. The summed E-state index contributed by atoms with van der Waals surface area (Å²) in [6.07, 6.45) is 7.19. The lowest BCUT2D eigenvalue weighted by molar-refractivity contribution is 0.376. The van der Waals surface area contributed by atoms with Gasteiger partial charge in [-0.2, -0.15) is 0 Å². The Morgan fingerprint density at radius 3 is 2.72 bits per heavy atom. The lowest BCUT2D eigenvalue weighted by atomic mass is 10.0. The molecule has 1 aromatic rings. The number of nitrogens with zero attached hydrogens (tertiary/aromatic N) is 2. The van der Waals surface area contributed by atoms with Crippen molar-refractivity contribution in [3.05, 3.63) is 24.4 Å². The molecular formula is C15H23N3. The fourth-order valence-electron chi connectivity index (χ4n) is 2.63. The maximum Gasteiger partial charge on any atom is 0.128 e. The van der Waals surface area contributed by atoms with E-state index in [2.05, 4.69) is 34.3 Å². The van der Waals surface area contributed by atoms with Gasteiger partial charge < -0.3 is 10.2 Å². The van der Waals surface area contributed by atoms with Crippen LogP contribution in [0.5, 0.6) is 0 Å². The van der Waals surface area contributed by atoms with E-state index < -0.39 is 0 Å². The van der Waals surface area contributed by atoms with Crippen molar-refractivity contribution in [3.8, 4) is 0 Å². The number of pyridine rings is 1. The summed E-state index contributed by atoms with van der Waals surface area (Å²) >= 11 is 0. The minimum atomic E-state index is 0.623. The van der Waals surface area contributed by atoms with Crippen LogP contribution in [0.2, 0.25) is 0 Å². The van der Waals surface area contributed by atoms with E-state index in [4.69, 9.17) is 0 Å². The number of aromatic nitrogens is 1. The van der Waals surface area contributed by atoms with Crippen LogP contribution < -0.4 is 10.2 Å². The first-order valence-electron chi connectivity index (χ1n) is 7.15. The van der Waals surface area contributed by atoms with Gasteiger partial charge in [-0.3, -0.25) is 0 Å². The summed E-state index contributed by atoms with van der Waals surface area (Å²) in [6.45, 7) is 5.86. The molecule has 0 aromatic carbocycles. The van der Waals surface area contributed by atoms with Gasteiger partial charge in [0.2, 0.25) is 0 Å². The third-order valence-electron chi connectivity index (χ3n) is 4.39. The van der Waals surface area contributed by atoms with Crippen LogP contribution in [-0.4, -0.2) is 30.7 Å². The molecule has 0 radical (unpaired) electrons. The van der Waals surface area contributed by atoms with Crippen molar-refractivity contribution in [1.82, 2.24) is 10.3 Å². The van der Waals surface area contributed by atoms with Crippen molar-refractivity contribution in [2.75, 3.05) is 24.5 Å². The summed E-state index contributed by atoms with van der Waals surface area (Å²) in [4.78, 5) is 6.83. The Morgan fingerprint density at radius 1 is 1.33 bits per heavy atom. The monoisotopic (exact) mass is 245 g/mol. The van der Waals surface area contributed by atoms with Crippen LogP contribution in [0.3, 0.4) is 0 Å². The Balaban J connectivity index is 1.46. The normalized spacial score (nSPS) is 23.1. The van der Waals surface area contributed by atoms with Gasteiger partial charge in [-0.1, -0.05) is 13.0 Å². The van der Waals surface area contributed by atoms with Crippen molar-refractivity contribution in [1.29, 1.82) is 0 Å². The molecule has 3 heteroatoms. The average Bonchev–Trinajstić information content (AvgIpc) is 3.17. The Morgan fingerprint density at radius 2 is 2.11 bits per heavy atom. The quantitative estimate of drug-likeness (QED) is 0.883. The van der Waals surface area contributed by atoms with Crippen LogP contribution in [-0.2, 0) is 0 Å². The number of hydrogen-bond acceptors (Lipinski definition) is 3. The van der Waals surface area contributed by atoms with Crippen LogP contribution in [0.15, 0.2) is 24.4 Å². The zero-order valence-electron chi connectivity index (χ0n) is 11.2. The predicted octanol–water partition coefficient (Wildman–Crippen LogP) is 2.44. The van der Waals surface area contributed by atoms with E-state index in [0.29, 0.717) is 11.5 Å². The molecule has 2 aliphatic rings. The Kier molecular flexibility index (Phi) is 3.25. The van der Waals surface area contributed by atoms with Gasteiger partial charge in [-0.15, -0.1) is 0 Å². The molecule has 98 valence electrons. The summed E-state index contributed by atoms with van der Waals surface area (Å²) < 4.78 is 0. The van der Waals surface area contributed by atoms with Gasteiger partial charge in [-0.05, 0) is 43.2 Å². The van der Waals surface area contributed by atoms with Crippen molar-refractivity contribution >= 4 is 5.82 Å². The summed E-state index contributed by atoms with van der Waals surface area (Å²) in [5, 5.41) is 3.75. The van der Waals surface area contributed by atoms with Crippen LogP contribution in [0.4, 0.5) is 5.82 Å².